The van der Waals surface area contributed by atoms with Crippen molar-refractivity contribution in [2.45, 2.75) is 32.2 Å². The van der Waals surface area contributed by atoms with Crippen LogP contribution in [0.25, 0.3) is 0 Å². The maximum absolute atomic E-state index is 11.5. The number of hydrogen-bond acceptors (Lipinski definition) is 6. The number of carbonyl (C=O) groups is 1. The molecule has 0 aromatic rings. The van der Waals surface area contributed by atoms with Gasteiger partial charge in [-0.2, -0.15) is 0 Å². The minimum absolute atomic E-state index is 0.365. The van der Waals surface area contributed by atoms with Crippen molar-refractivity contribution in [2.24, 2.45) is 0 Å². The van der Waals surface area contributed by atoms with Gasteiger partial charge in [0.2, 0.25) is 6.79 Å². The highest BCUT2D eigenvalue weighted by molar-refractivity contribution is 5.75. The van der Waals surface area contributed by atoms with E-state index in [4.69, 9.17) is 0 Å². The van der Waals surface area contributed by atoms with Crippen LogP contribution in [0.15, 0.2) is 0 Å². The van der Waals surface area contributed by atoms with Crippen molar-refractivity contribution < 1.29 is 19.5 Å². The molecule has 92 valence electrons. The number of esters is 1. The van der Waals surface area contributed by atoms with Crippen molar-refractivity contribution in [3.05, 3.63) is 10.1 Å². The van der Waals surface area contributed by atoms with Crippen LogP contribution in [0.1, 0.15) is 26.2 Å². The summed E-state index contributed by atoms with van der Waals surface area (Å²) in [6.07, 6.45) is 3.33. The largest absolute Gasteiger partial charge is 0.437 e. The minimum Gasteiger partial charge on any atom is -0.437 e. The van der Waals surface area contributed by atoms with Crippen molar-refractivity contribution >= 4 is 5.97 Å². The second-order valence-electron chi connectivity index (χ2n) is 3.71. The number of ether oxygens (including phenoxy) is 1. The fourth-order valence-corrected chi connectivity index (χ4v) is 1.70. The molecule has 0 radical (unpaired) electrons. The maximum atomic E-state index is 11.5. The van der Waals surface area contributed by atoms with Gasteiger partial charge < -0.3 is 4.74 Å². The third-order valence-corrected chi connectivity index (χ3v) is 2.64. The second kappa shape index (κ2) is 6.26. The van der Waals surface area contributed by atoms with E-state index in [0.717, 1.165) is 25.9 Å². The lowest BCUT2D eigenvalue weighted by molar-refractivity contribution is -0.765. The van der Waals surface area contributed by atoms with E-state index in [1.807, 2.05) is 4.90 Å². The first-order valence-corrected chi connectivity index (χ1v) is 5.29. The van der Waals surface area contributed by atoms with E-state index in [9.17, 15) is 14.9 Å². The molecule has 0 aromatic carbocycles. The molecule has 0 aliphatic carbocycles. The lowest BCUT2D eigenvalue weighted by Gasteiger charge is -2.30. The molecule has 0 bridgehead atoms. The van der Waals surface area contributed by atoms with Gasteiger partial charge in [-0.05, 0) is 32.9 Å². The summed E-state index contributed by atoms with van der Waals surface area (Å²) in [5, 5.41) is 8.85. The molecule has 1 aliphatic rings. The van der Waals surface area contributed by atoms with Gasteiger partial charge in [0.1, 0.15) is 6.04 Å². The SMILES string of the molecule is CC(C(=O)OCO[N+](=O)[O-])N1CCCCC1. The monoisotopic (exact) mass is 232 g/mol. The molecule has 1 unspecified atom stereocenters. The smallest absolute Gasteiger partial charge is 0.324 e. The van der Waals surface area contributed by atoms with E-state index in [2.05, 4.69) is 9.57 Å². The van der Waals surface area contributed by atoms with Crippen LogP contribution in [0.4, 0.5) is 0 Å². The zero-order valence-electron chi connectivity index (χ0n) is 9.26. The summed E-state index contributed by atoms with van der Waals surface area (Å²) >= 11 is 0. The third kappa shape index (κ3) is 4.01. The Kier molecular flexibility index (Phi) is 4.97. The van der Waals surface area contributed by atoms with Gasteiger partial charge >= 0.3 is 5.97 Å². The van der Waals surface area contributed by atoms with E-state index >= 15 is 0 Å². The Hall–Kier alpha value is -1.37. The zero-order chi connectivity index (χ0) is 12.0. The average Bonchev–Trinajstić information content (AvgIpc) is 2.28. The third-order valence-electron chi connectivity index (χ3n) is 2.64. The van der Waals surface area contributed by atoms with E-state index in [0.29, 0.717) is 0 Å². The number of rotatable bonds is 5. The molecule has 1 atom stereocenters. The molecule has 1 heterocycles. The fraction of sp³-hybridized carbons (Fsp3) is 0.889. The predicted molar refractivity (Wildman–Crippen MR) is 53.9 cm³/mol. The molecule has 7 nitrogen and oxygen atoms in total. The minimum atomic E-state index is -0.987. The van der Waals surface area contributed by atoms with Gasteiger partial charge in [-0.15, -0.1) is 10.1 Å². The summed E-state index contributed by atoms with van der Waals surface area (Å²) < 4.78 is 4.62. The van der Waals surface area contributed by atoms with Gasteiger partial charge in [-0.1, -0.05) is 6.42 Å². The molecule has 0 amide bonds. The second-order valence-corrected chi connectivity index (χ2v) is 3.71. The predicted octanol–water partition coefficient (Wildman–Crippen LogP) is 0.570. The van der Waals surface area contributed by atoms with Crippen LogP contribution in [0.3, 0.4) is 0 Å². The Bertz CT molecular complexity index is 252. The molecule has 16 heavy (non-hydrogen) atoms. The van der Waals surface area contributed by atoms with Gasteiger partial charge in [0.05, 0.1) is 0 Å². The van der Waals surface area contributed by atoms with Crippen LogP contribution in [0.5, 0.6) is 0 Å². The molecule has 1 saturated heterocycles. The number of hydrogen-bond donors (Lipinski definition) is 0. The van der Waals surface area contributed by atoms with E-state index in [1.165, 1.54) is 6.42 Å². The Morgan fingerprint density at radius 3 is 2.62 bits per heavy atom. The Morgan fingerprint density at radius 2 is 2.06 bits per heavy atom. The standard InChI is InChI=1S/C9H16N2O5/c1-8(10-5-3-2-4-6-10)9(12)15-7-16-11(13)14/h8H,2-7H2,1H3. The highest BCUT2D eigenvalue weighted by Crippen LogP contribution is 2.12. The number of piperidine rings is 1. The summed E-state index contributed by atoms with van der Waals surface area (Å²) in [6, 6.07) is -0.365. The summed E-state index contributed by atoms with van der Waals surface area (Å²) in [5.41, 5.74) is 0. The van der Waals surface area contributed by atoms with Crippen LogP contribution >= 0.6 is 0 Å². The summed E-state index contributed by atoms with van der Waals surface area (Å²) in [5.74, 6) is -0.483. The quantitative estimate of drug-likeness (QED) is 0.298. The molecular formula is C9H16N2O5. The van der Waals surface area contributed by atoms with Crippen LogP contribution in [-0.4, -0.2) is 41.9 Å². The van der Waals surface area contributed by atoms with Crippen LogP contribution in [0.2, 0.25) is 0 Å². The normalized spacial score (nSPS) is 18.8. The van der Waals surface area contributed by atoms with Crippen molar-refractivity contribution in [3.8, 4) is 0 Å². The summed E-state index contributed by atoms with van der Waals surface area (Å²) in [6.45, 7) is 2.84. The van der Waals surface area contributed by atoms with Crippen molar-refractivity contribution in [3.63, 3.8) is 0 Å². The Morgan fingerprint density at radius 1 is 1.44 bits per heavy atom. The van der Waals surface area contributed by atoms with Crippen LogP contribution in [-0.2, 0) is 14.4 Å². The molecule has 0 aromatic heterocycles. The van der Waals surface area contributed by atoms with Crippen molar-refractivity contribution in [1.29, 1.82) is 0 Å². The number of likely N-dealkylation sites (tertiary alicyclic amines) is 1. The van der Waals surface area contributed by atoms with Gasteiger partial charge in [-0.3, -0.25) is 14.5 Å². The lowest BCUT2D eigenvalue weighted by Crippen LogP contribution is -2.43. The fourth-order valence-electron chi connectivity index (χ4n) is 1.70. The molecule has 0 N–H and O–H groups in total. The summed E-state index contributed by atoms with van der Waals surface area (Å²) in [7, 11) is 0. The van der Waals surface area contributed by atoms with Crippen LogP contribution < -0.4 is 0 Å². The average molecular weight is 232 g/mol. The van der Waals surface area contributed by atoms with E-state index < -0.39 is 17.8 Å². The zero-order valence-corrected chi connectivity index (χ0v) is 9.26. The van der Waals surface area contributed by atoms with Gasteiger partial charge in [0, 0.05) is 0 Å². The van der Waals surface area contributed by atoms with E-state index in [-0.39, 0.29) is 6.04 Å². The van der Waals surface area contributed by atoms with Crippen molar-refractivity contribution in [2.75, 3.05) is 19.9 Å². The molecule has 1 rings (SSSR count). The Labute approximate surface area is 93.4 Å². The topological polar surface area (TPSA) is 81.9 Å². The maximum Gasteiger partial charge on any atom is 0.324 e. The highest BCUT2D eigenvalue weighted by Gasteiger charge is 2.24. The first-order valence-electron chi connectivity index (χ1n) is 5.29. The number of nitrogens with zero attached hydrogens (tertiary/aromatic N) is 2. The number of carbonyl (C=O) groups excluding carboxylic acids is 1. The Balaban J connectivity index is 2.26. The molecule has 1 aliphatic heterocycles. The molecule has 7 heteroatoms. The van der Waals surface area contributed by atoms with E-state index in [1.54, 1.807) is 6.92 Å². The molecule has 0 spiro atoms. The lowest BCUT2D eigenvalue weighted by atomic mass is 10.1. The van der Waals surface area contributed by atoms with Gasteiger partial charge in [-0.25, -0.2) is 0 Å². The first-order chi connectivity index (χ1) is 7.61. The molecule has 1 fully saturated rings. The molecule has 0 saturated carbocycles. The molecular weight excluding hydrogens is 216 g/mol. The first kappa shape index (κ1) is 12.7. The van der Waals surface area contributed by atoms with Gasteiger partial charge in [0.15, 0.2) is 0 Å². The highest BCUT2D eigenvalue weighted by atomic mass is 17.0. The van der Waals surface area contributed by atoms with Crippen LogP contribution in [0, 0.1) is 10.1 Å². The van der Waals surface area contributed by atoms with Crippen molar-refractivity contribution in [1.82, 2.24) is 4.90 Å². The summed E-state index contributed by atoms with van der Waals surface area (Å²) in [4.78, 5) is 27.2. The van der Waals surface area contributed by atoms with Gasteiger partial charge in [0.25, 0.3) is 5.09 Å².